The van der Waals surface area contributed by atoms with Crippen molar-refractivity contribution < 1.29 is 9.21 Å². The molecule has 0 aliphatic heterocycles. The van der Waals surface area contributed by atoms with Gasteiger partial charge in [-0.3, -0.25) is 4.98 Å². The molecule has 0 spiro atoms. The molecule has 0 aliphatic rings. The Kier molecular flexibility index (Phi) is 2.01. The fourth-order valence-electron chi connectivity index (χ4n) is 1.28. The molecule has 1 N–H and O–H groups in total. The van der Waals surface area contributed by atoms with Gasteiger partial charge in [0, 0.05) is 5.56 Å². The van der Waals surface area contributed by atoms with Gasteiger partial charge in [-0.2, -0.15) is 0 Å². The average Bonchev–Trinajstić information content (AvgIpc) is 2.55. The van der Waals surface area contributed by atoms with E-state index in [1.54, 1.807) is 18.2 Å². The molecule has 5 nitrogen and oxygen atoms in total. The minimum absolute atomic E-state index is 0.191. The van der Waals surface area contributed by atoms with E-state index in [0.717, 1.165) is 5.56 Å². The summed E-state index contributed by atoms with van der Waals surface area (Å²) in [6, 6.07) is 5.16. The Bertz CT molecular complexity index is 561. The van der Waals surface area contributed by atoms with Crippen molar-refractivity contribution in [2.75, 3.05) is 0 Å². The van der Waals surface area contributed by atoms with Crippen LogP contribution in [0.25, 0.3) is 11.1 Å². The first kappa shape index (κ1) is 8.47. The van der Waals surface area contributed by atoms with E-state index in [4.69, 9.17) is 4.42 Å². The van der Waals surface area contributed by atoms with Gasteiger partial charge in [-0.1, -0.05) is 12.1 Å². The lowest BCUT2D eigenvalue weighted by atomic mass is 10.2. The molecule has 1 aromatic carbocycles. The summed E-state index contributed by atoms with van der Waals surface area (Å²) in [7, 11) is 0. The number of hydrogen-bond acceptors (Lipinski definition) is 4. The van der Waals surface area contributed by atoms with Gasteiger partial charge in [-0.05, 0) is 6.07 Å². The van der Waals surface area contributed by atoms with Crippen LogP contribution in [0.5, 0.6) is 0 Å². The molecule has 1 aromatic heterocycles. The molecular weight excluding hydrogens is 184 g/mol. The maximum Gasteiger partial charge on any atom is 0.417 e. The summed E-state index contributed by atoms with van der Waals surface area (Å²) < 4.78 is 4.84. The fourth-order valence-corrected chi connectivity index (χ4v) is 1.28. The number of rotatable bonds is 2. The number of hydrogen-bond donors (Lipinski definition) is 1. The zero-order valence-corrected chi connectivity index (χ0v) is 7.11. The molecule has 0 bridgehead atoms. The summed E-state index contributed by atoms with van der Waals surface area (Å²) in [6.07, 6.45) is 1.44. The number of carbonyl (C=O) groups excluding carboxylic acids is 1. The highest BCUT2D eigenvalue weighted by molar-refractivity contribution is 5.76. The van der Waals surface area contributed by atoms with E-state index in [9.17, 15) is 9.59 Å². The Hall–Kier alpha value is -2.13. The third-order valence-corrected chi connectivity index (χ3v) is 1.86. The second-order valence-electron chi connectivity index (χ2n) is 2.71. The topological polar surface area (TPSA) is 75.4 Å². The normalized spacial score (nSPS) is 10.0. The number of nitrogens with zero attached hydrogens (tertiary/aromatic N) is 1. The molecule has 0 fully saturated rings. The van der Waals surface area contributed by atoms with Crippen LogP contribution in [-0.4, -0.2) is 11.1 Å². The Balaban J connectivity index is 2.63. The number of oxazole rings is 1. The Labute approximate surface area is 78.1 Å². The van der Waals surface area contributed by atoms with Crippen LogP contribution >= 0.6 is 0 Å². The number of para-hydroxylation sites is 1. The monoisotopic (exact) mass is 190 g/mol. The number of fused-ring (bicyclic) bond motifs is 1. The summed E-state index contributed by atoms with van der Waals surface area (Å²) >= 11 is 0. The first-order chi connectivity index (χ1) is 6.81. The lowest BCUT2D eigenvalue weighted by molar-refractivity contribution is 0.555. The lowest BCUT2D eigenvalue weighted by Gasteiger charge is -1.94. The first-order valence-corrected chi connectivity index (χ1v) is 3.95. The van der Waals surface area contributed by atoms with Gasteiger partial charge in [0.2, 0.25) is 6.08 Å². The van der Waals surface area contributed by atoms with Crippen molar-refractivity contribution in [1.29, 1.82) is 0 Å². The highest BCUT2D eigenvalue weighted by Crippen LogP contribution is 2.15. The van der Waals surface area contributed by atoms with Gasteiger partial charge >= 0.3 is 5.76 Å². The maximum absolute atomic E-state index is 10.9. The molecule has 0 amide bonds. The van der Waals surface area contributed by atoms with Crippen molar-refractivity contribution >= 4 is 17.2 Å². The van der Waals surface area contributed by atoms with Crippen LogP contribution in [0.1, 0.15) is 5.56 Å². The Morgan fingerprint density at radius 3 is 3.14 bits per heavy atom. The number of benzene rings is 1. The highest BCUT2D eigenvalue weighted by Gasteiger charge is 2.04. The first-order valence-electron chi connectivity index (χ1n) is 3.95. The van der Waals surface area contributed by atoms with Gasteiger partial charge < -0.3 is 4.42 Å². The minimum atomic E-state index is -0.512. The van der Waals surface area contributed by atoms with Gasteiger partial charge in [0.25, 0.3) is 0 Å². The molecule has 2 aromatic rings. The molecule has 0 radical (unpaired) electrons. The van der Waals surface area contributed by atoms with E-state index in [2.05, 4.69) is 9.98 Å². The van der Waals surface area contributed by atoms with Crippen LogP contribution in [0.4, 0.5) is 0 Å². The van der Waals surface area contributed by atoms with E-state index in [-0.39, 0.29) is 6.54 Å². The number of aliphatic imine (C=N–C) groups is 1. The van der Waals surface area contributed by atoms with Gasteiger partial charge in [0.05, 0.1) is 12.1 Å². The molecule has 0 aliphatic carbocycles. The molecule has 14 heavy (non-hydrogen) atoms. The van der Waals surface area contributed by atoms with Crippen molar-refractivity contribution in [3.8, 4) is 0 Å². The third kappa shape index (κ3) is 1.36. The summed E-state index contributed by atoms with van der Waals surface area (Å²) in [6.45, 7) is 0.191. The Morgan fingerprint density at radius 1 is 1.50 bits per heavy atom. The zero-order valence-electron chi connectivity index (χ0n) is 7.11. The van der Waals surface area contributed by atoms with Gasteiger partial charge in [0.1, 0.15) is 0 Å². The van der Waals surface area contributed by atoms with E-state index >= 15 is 0 Å². The third-order valence-electron chi connectivity index (χ3n) is 1.86. The van der Waals surface area contributed by atoms with Crippen molar-refractivity contribution in [3.63, 3.8) is 0 Å². The molecule has 0 saturated heterocycles. The molecule has 0 saturated carbocycles. The molecule has 70 valence electrons. The molecular formula is C9H6N2O3. The second-order valence-corrected chi connectivity index (χ2v) is 2.71. The summed E-state index contributed by atoms with van der Waals surface area (Å²) in [5.41, 5.74) is 1.78. The zero-order chi connectivity index (χ0) is 9.97. The fraction of sp³-hybridized carbons (Fsp3) is 0.111. The van der Waals surface area contributed by atoms with E-state index in [1.807, 2.05) is 0 Å². The van der Waals surface area contributed by atoms with Crippen molar-refractivity contribution in [2.24, 2.45) is 4.99 Å². The molecule has 5 heteroatoms. The number of H-pyrrole nitrogens is 1. The number of isocyanates is 1. The smallest absolute Gasteiger partial charge is 0.408 e. The van der Waals surface area contributed by atoms with E-state index in [1.165, 1.54) is 6.08 Å². The van der Waals surface area contributed by atoms with Crippen LogP contribution in [0, 0.1) is 0 Å². The maximum atomic E-state index is 10.9. The molecule has 0 atom stereocenters. The average molecular weight is 190 g/mol. The number of aromatic nitrogens is 1. The van der Waals surface area contributed by atoms with E-state index < -0.39 is 5.76 Å². The molecule has 1 heterocycles. The Morgan fingerprint density at radius 2 is 2.36 bits per heavy atom. The largest absolute Gasteiger partial charge is 0.417 e. The van der Waals surface area contributed by atoms with Crippen molar-refractivity contribution in [2.45, 2.75) is 6.54 Å². The van der Waals surface area contributed by atoms with Gasteiger partial charge in [-0.15, -0.1) is 0 Å². The van der Waals surface area contributed by atoms with Crippen LogP contribution in [0.15, 0.2) is 32.4 Å². The predicted molar refractivity (Wildman–Crippen MR) is 48.7 cm³/mol. The predicted octanol–water partition coefficient (Wildman–Crippen LogP) is 0.957. The number of nitrogens with one attached hydrogen (secondary N) is 1. The minimum Gasteiger partial charge on any atom is -0.408 e. The SMILES string of the molecule is O=C=NCc1cccc2oc(=O)[nH]c12. The van der Waals surface area contributed by atoms with Crippen LogP contribution in [0.3, 0.4) is 0 Å². The molecule has 0 unspecified atom stereocenters. The second kappa shape index (κ2) is 3.32. The van der Waals surface area contributed by atoms with Crippen molar-refractivity contribution in [3.05, 3.63) is 34.3 Å². The summed E-state index contributed by atoms with van der Waals surface area (Å²) in [5, 5.41) is 0. The lowest BCUT2D eigenvalue weighted by Crippen LogP contribution is -1.94. The van der Waals surface area contributed by atoms with Crippen LogP contribution in [-0.2, 0) is 11.3 Å². The van der Waals surface area contributed by atoms with Crippen LogP contribution < -0.4 is 5.76 Å². The summed E-state index contributed by atoms with van der Waals surface area (Å²) in [5.74, 6) is -0.512. The number of aromatic amines is 1. The molecule has 2 rings (SSSR count). The standard InChI is InChI=1S/C9H6N2O3/c12-5-10-4-6-2-1-3-7-8(6)11-9(13)14-7/h1-3H,4H2,(H,11,13). The van der Waals surface area contributed by atoms with Crippen molar-refractivity contribution in [1.82, 2.24) is 4.98 Å². The highest BCUT2D eigenvalue weighted by atomic mass is 16.4. The van der Waals surface area contributed by atoms with Gasteiger partial charge in [-0.25, -0.2) is 14.6 Å². The van der Waals surface area contributed by atoms with E-state index in [0.29, 0.717) is 11.1 Å². The quantitative estimate of drug-likeness (QED) is 0.566. The van der Waals surface area contributed by atoms with Crippen LogP contribution in [0.2, 0.25) is 0 Å². The summed E-state index contributed by atoms with van der Waals surface area (Å²) in [4.78, 5) is 26.8. The van der Waals surface area contributed by atoms with Gasteiger partial charge in [0.15, 0.2) is 5.58 Å².